The molecule has 0 fully saturated rings. The van der Waals surface area contributed by atoms with Crippen LogP contribution in [0.15, 0.2) is 104 Å². The van der Waals surface area contributed by atoms with E-state index in [1.54, 1.807) is 10.9 Å². The number of benzene rings is 3. The number of aromatic nitrogens is 2. The lowest BCUT2D eigenvalue weighted by Gasteiger charge is -2.03. The van der Waals surface area contributed by atoms with Crippen LogP contribution in [0.25, 0.3) is 22.4 Å². The topological polar surface area (TPSA) is 33.8 Å². The second kappa shape index (κ2) is 9.20. The first-order valence-corrected chi connectivity index (χ1v) is 8.89. The van der Waals surface area contributed by atoms with Crippen LogP contribution in [0.1, 0.15) is 10.4 Å². The van der Waals surface area contributed by atoms with Crippen LogP contribution >= 0.6 is 17.0 Å². The van der Waals surface area contributed by atoms with E-state index in [4.69, 9.17) is 0 Å². The Morgan fingerprint density at radius 3 is 1.89 bits per heavy atom. The summed E-state index contributed by atoms with van der Waals surface area (Å²) in [5, 5.41) is 0. The van der Waals surface area contributed by atoms with Gasteiger partial charge in [0.25, 0.3) is 6.33 Å². The zero-order chi connectivity index (χ0) is 18.5. The van der Waals surface area contributed by atoms with Gasteiger partial charge in [-0.3, -0.25) is 4.79 Å². The summed E-state index contributed by atoms with van der Waals surface area (Å²) in [6.07, 6.45) is 3.61. The molecule has 138 valence electrons. The summed E-state index contributed by atoms with van der Waals surface area (Å²) in [5.74, 6) is 0.0716. The normalized spacial score (nSPS) is 10.1. The molecule has 0 saturated carbocycles. The maximum absolute atomic E-state index is 12.3. The van der Waals surface area contributed by atoms with Crippen LogP contribution in [0.2, 0.25) is 0 Å². The summed E-state index contributed by atoms with van der Waals surface area (Å²) in [7, 11) is 0. The number of hydrogen-bond donors (Lipinski definition) is 0. The molecule has 0 unspecified atom stereocenters. The van der Waals surface area contributed by atoms with Crippen molar-refractivity contribution >= 4 is 22.8 Å². The van der Waals surface area contributed by atoms with Gasteiger partial charge in [-0.1, -0.05) is 72.8 Å². The third-order valence-corrected chi connectivity index (χ3v) is 4.48. The molecule has 0 N–H and O–H groups in total. The fourth-order valence-corrected chi connectivity index (χ4v) is 2.99. The van der Waals surface area contributed by atoms with Crippen molar-refractivity contribution in [1.82, 2.24) is 4.98 Å². The molecule has 1 aromatic heterocycles. The van der Waals surface area contributed by atoms with Gasteiger partial charge in [-0.25, -0.2) is 4.57 Å². The average Bonchev–Trinajstić information content (AvgIpc) is 2.76. The van der Waals surface area contributed by atoms with Crippen molar-refractivity contribution in [2.45, 2.75) is 6.54 Å². The monoisotopic (exact) mass is 431 g/mol. The molecule has 0 saturated heterocycles. The molecular formula is C24H20BrN2O+. The van der Waals surface area contributed by atoms with E-state index in [-0.39, 0.29) is 29.3 Å². The summed E-state index contributed by atoms with van der Waals surface area (Å²) < 4.78 is 1.80. The highest BCUT2D eigenvalue weighted by molar-refractivity contribution is 8.93. The lowest BCUT2D eigenvalue weighted by molar-refractivity contribution is -0.686. The molecule has 0 spiro atoms. The summed E-state index contributed by atoms with van der Waals surface area (Å²) >= 11 is 0. The van der Waals surface area contributed by atoms with Gasteiger partial charge < -0.3 is 0 Å². The zero-order valence-electron chi connectivity index (χ0n) is 15.2. The van der Waals surface area contributed by atoms with E-state index in [9.17, 15) is 4.79 Å². The molecule has 1 heterocycles. The number of hydrogen-bond acceptors (Lipinski definition) is 2. The number of nitrogens with zero attached hydrogens (tertiary/aromatic N) is 2. The third-order valence-electron chi connectivity index (χ3n) is 4.48. The van der Waals surface area contributed by atoms with E-state index in [0.29, 0.717) is 5.56 Å². The van der Waals surface area contributed by atoms with Gasteiger partial charge in [0.2, 0.25) is 5.78 Å². The molecule has 0 aliphatic carbocycles. The number of carbonyl (C=O) groups is 1. The summed E-state index contributed by atoms with van der Waals surface area (Å²) in [4.78, 5) is 16.8. The van der Waals surface area contributed by atoms with Crippen molar-refractivity contribution in [2.24, 2.45) is 0 Å². The third kappa shape index (κ3) is 4.59. The smallest absolute Gasteiger partial charge is 0.287 e. The Labute approximate surface area is 175 Å². The summed E-state index contributed by atoms with van der Waals surface area (Å²) in [5.41, 5.74) is 5.03. The Hall–Kier alpha value is -3.11. The summed E-state index contributed by atoms with van der Waals surface area (Å²) in [6, 6.07) is 29.9. The van der Waals surface area contributed by atoms with Gasteiger partial charge >= 0.3 is 0 Å². The molecule has 0 bridgehead atoms. The van der Waals surface area contributed by atoms with Crippen molar-refractivity contribution in [3.8, 4) is 22.4 Å². The fourth-order valence-electron chi connectivity index (χ4n) is 2.99. The van der Waals surface area contributed by atoms with Crippen LogP contribution in [0, 0.1) is 0 Å². The van der Waals surface area contributed by atoms with Gasteiger partial charge in [-0.05, 0) is 28.2 Å². The molecule has 3 nitrogen and oxygen atoms in total. The predicted octanol–water partition coefficient (Wildman–Crippen LogP) is 5.16. The van der Waals surface area contributed by atoms with Gasteiger partial charge in [0, 0.05) is 17.2 Å². The van der Waals surface area contributed by atoms with Gasteiger partial charge in [0.1, 0.15) is 0 Å². The van der Waals surface area contributed by atoms with E-state index in [2.05, 4.69) is 41.4 Å². The van der Waals surface area contributed by atoms with Crippen molar-refractivity contribution in [2.75, 3.05) is 0 Å². The van der Waals surface area contributed by atoms with Gasteiger partial charge in [0.15, 0.2) is 12.2 Å². The van der Waals surface area contributed by atoms with Crippen LogP contribution in [-0.4, -0.2) is 10.8 Å². The molecule has 28 heavy (non-hydrogen) atoms. The maximum atomic E-state index is 12.3. The van der Waals surface area contributed by atoms with Crippen molar-refractivity contribution < 1.29 is 9.36 Å². The van der Waals surface area contributed by atoms with E-state index in [1.165, 1.54) is 11.1 Å². The van der Waals surface area contributed by atoms with Crippen LogP contribution in [0.3, 0.4) is 0 Å². The lowest BCUT2D eigenvalue weighted by Crippen LogP contribution is -2.37. The van der Waals surface area contributed by atoms with E-state index in [0.717, 1.165) is 11.3 Å². The van der Waals surface area contributed by atoms with Gasteiger partial charge in [-0.2, -0.15) is 0 Å². The van der Waals surface area contributed by atoms with Gasteiger partial charge in [0.05, 0.1) is 6.20 Å². The number of halogens is 1. The molecular weight excluding hydrogens is 412 g/mol. The maximum Gasteiger partial charge on any atom is 0.287 e. The second-order valence-corrected chi connectivity index (χ2v) is 6.35. The lowest BCUT2D eigenvalue weighted by atomic mass is 10.0. The quantitative estimate of drug-likeness (QED) is 0.322. The molecule has 4 aromatic rings. The molecule has 4 rings (SSSR count). The number of carbonyl (C=O) groups excluding carboxylic acids is 1. The molecule has 4 heteroatoms. The van der Waals surface area contributed by atoms with E-state index < -0.39 is 0 Å². The Kier molecular flexibility index (Phi) is 6.45. The largest absolute Gasteiger partial charge is 0.290 e. The van der Waals surface area contributed by atoms with Crippen LogP contribution in [0.5, 0.6) is 0 Å². The first-order valence-electron chi connectivity index (χ1n) is 8.89. The van der Waals surface area contributed by atoms with Gasteiger partial charge in [-0.15, -0.1) is 17.0 Å². The minimum absolute atomic E-state index is 0. The Balaban J connectivity index is 0.00000225. The minimum Gasteiger partial charge on any atom is -0.290 e. The van der Waals surface area contributed by atoms with E-state index in [1.807, 2.05) is 60.8 Å². The number of Topliss-reactive ketones (excluding diaryl/α,β-unsaturated/α-hetero) is 1. The second-order valence-electron chi connectivity index (χ2n) is 6.35. The van der Waals surface area contributed by atoms with E-state index >= 15 is 0 Å². The first-order chi connectivity index (χ1) is 13.3. The van der Waals surface area contributed by atoms with Crippen LogP contribution in [0.4, 0.5) is 0 Å². The minimum atomic E-state index is 0. The SMILES string of the molecule is Br.O=C(C[n+]1ccc(-c2ccc(-c3ccccc3)cc2)nc1)c1ccccc1. The van der Waals surface area contributed by atoms with Crippen molar-refractivity contribution in [3.05, 3.63) is 109 Å². The highest BCUT2D eigenvalue weighted by Crippen LogP contribution is 2.23. The molecule has 0 atom stereocenters. The van der Waals surface area contributed by atoms with Crippen LogP contribution < -0.4 is 4.57 Å². The zero-order valence-corrected chi connectivity index (χ0v) is 16.9. The van der Waals surface area contributed by atoms with Crippen LogP contribution in [-0.2, 0) is 6.54 Å². The number of ketones is 1. The number of rotatable bonds is 5. The van der Waals surface area contributed by atoms with Crippen molar-refractivity contribution in [3.63, 3.8) is 0 Å². The molecule has 0 aliphatic heterocycles. The Morgan fingerprint density at radius 1 is 0.714 bits per heavy atom. The Bertz CT molecular complexity index is 1030. The average molecular weight is 432 g/mol. The fraction of sp³-hybridized carbons (Fsp3) is 0.0417. The molecule has 0 radical (unpaired) electrons. The standard InChI is InChI=1S/C24H19N2O.BrH/c27-24(22-9-5-2-6-10-22)17-26-16-15-23(25-18-26)21-13-11-20(12-14-21)19-7-3-1-4-8-19;/h1-16,18H,17H2;1H/q+1;. The highest BCUT2D eigenvalue weighted by Gasteiger charge is 2.11. The molecule has 0 amide bonds. The molecule has 0 aliphatic rings. The summed E-state index contributed by atoms with van der Waals surface area (Å²) in [6.45, 7) is 0.282. The highest BCUT2D eigenvalue weighted by atomic mass is 79.9. The van der Waals surface area contributed by atoms with Crippen molar-refractivity contribution in [1.29, 1.82) is 0 Å². The predicted molar refractivity (Wildman–Crippen MR) is 116 cm³/mol. The Morgan fingerprint density at radius 2 is 1.29 bits per heavy atom. The molecule has 3 aromatic carbocycles. The first kappa shape index (κ1) is 19.6.